The fraction of sp³-hybridized carbons (Fsp3) is 0.600. The summed E-state index contributed by atoms with van der Waals surface area (Å²) < 4.78 is 0. The van der Waals surface area contributed by atoms with Gasteiger partial charge in [-0.05, 0) is 37.3 Å². The maximum atomic E-state index is 6.26. The van der Waals surface area contributed by atoms with E-state index >= 15 is 0 Å². The first-order valence-electron chi connectivity index (χ1n) is 7.41. The van der Waals surface area contributed by atoms with Gasteiger partial charge in [0, 0.05) is 11.4 Å². The molecule has 0 N–H and O–H groups in total. The second kappa shape index (κ2) is 6.37. The lowest BCUT2D eigenvalue weighted by Crippen LogP contribution is -2.34. The molecule has 3 heterocycles. The largest absolute Gasteiger partial charge is 0.293 e. The highest BCUT2D eigenvalue weighted by atomic mass is 35.5. The first kappa shape index (κ1) is 14.2. The van der Waals surface area contributed by atoms with Gasteiger partial charge in [-0.3, -0.25) is 4.90 Å². The van der Waals surface area contributed by atoms with Gasteiger partial charge in [-0.1, -0.05) is 31.4 Å². The first-order chi connectivity index (χ1) is 9.78. The average Bonchev–Trinajstić information content (AvgIpc) is 2.80. The molecule has 3 nitrogen and oxygen atoms in total. The maximum absolute atomic E-state index is 6.26. The van der Waals surface area contributed by atoms with Crippen molar-refractivity contribution in [3.63, 3.8) is 0 Å². The monoisotopic (exact) mass is 309 g/mol. The molecule has 3 rings (SSSR count). The summed E-state index contributed by atoms with van der Waals surface area (Å²) in [6, 6.07) is 2.66. The fourth-order valence-corrected chi connectivity index (χ4v) is 4.11. The number of likely N-dealkylation sites (tertiary alicyclic amines) is 1. The lowest BCUT2D eigenvalue weighted by atomic mass is 10.1. The van der Waals surface area contributed by atoms with Crippen molar-refractivity contribution in [2.45, 2.75) is 51.6 Å². The molecule has 1 aliphatic rings. The first-order valence-corrected chi connectivity index (χ1v) is 8.67. The minimum absolute atomic E-state index is 0.592. The molecule has 0 radical (unpaired) electrons. The van der Waals surface area contributed by atoms with Crippen molar-refractivity contribution in [1.82, 2.24) is 14.9 Å². The van der Waals surface area contributed by atoms with Gasteiger partial charge >= 0.3 is 0 Å². The summed E-state index contributed by atoms with van der Waals surface area (Å²) in [5.41, 5.74) is 0. The standard InChI is InChI=1S/C15H20ClN3S/c1-2-11-6-4-3-5-8-19(11)10-13-17-14(16)12-7-9-20-15(12)18-13/h7,9,11H,2-6,8,10H2,1H3. The van der Waals surface area contributed by atoms with Crippen LogP contribution in [0.1, 0.15) is 44.9 Å². The van der Waals surface area contributed by atoms with Gasteiger partial charge in [-0.25, -0.2) is 9.97 Å². The molecule has 1 atom stereocenters. The van der Waals surface area contributed by atoms with Crippen LogP contribution < -0.4 is 0 Å². The molecule has 1 fully saturated rings. The molecule has 1 aliphatic heterocycles. The third-order valence-corrected chi connectivity index (χ3v) is 5.23. The second-order valence-corrected chi connectivity index (χ2v) is 6.70. The molecule has 1 unspecified atom stereocenters. The van der Waals surface area contributed by atoms with Crippen molar-refractivity contribution >= 4 is 33.2 Å². The lowest BCUT2D eigenvalue weighted by Gasteiger charge is -2.28. The molecule has 2 aromatic rings. The van der Waals surface area contributed by atoms with Gasteiger partial charge in [0.1, 0.15) is 15.8 Å². The Kier molecular flexibility index (Phi) is 4.54. The molecule has 5 heteroatoms. The third kappa shape index (κ3) is 2.97. The maximum Gasteiger partial charge on any atom is 0.145 e. The molecule has 0 saturated carbocycles. The van der Waals surface area contributed by atoms with Gasteiger partial charge < -0.3 is 0 Å². The topological polar surface area (TPSA) is 29.0 Å². The predicted octanol–water partition coefficient (Wildman–Crippen LogP) is 4.50. The molecule has 0 bridgehead atoms. The number of fused-ring (bicyclic) bond motifs is 1. The minimum Gasteiger partial charge on any atom is -0.293 e. The van der Waals surface area contributed by atoms with Gasteiger partial charge in [0.15, 0.2) is 0 Å². The van der Waals surface area contributed by atoms with Gasteiger partial charge in [0.2, 0.25) is 0 Å². The third-order valence-electron chi connectivity index (χ3n) is 4.14. The number of thiophene rings is 1. The normalized spacial score (nSPS) is 21.2. The van der Waals surface area contributed by atoms with Crippen molar-refractivity contribution < 1.29 is 0 Å². The molecular weight excluding hydrogens is 290 g/mol. The van der Waals surface area contributed by atoms with E-state index in [2.05, 4.69) is 21.8 Å². The van der Waals surface area contributed by atoms with Crippen LogP contribution in [0.25, 0.3) is 10.2 Å². The van der Waals surface area contributed by atoms with Gasteiger partial charge in [-0.2, -0.15) is 0 Å². The average molecular weight is 310 g/mol. The predicted molar refractivity (Wildman–Crippen MR) is 85.4 cm³/mol. The number of halogens is 1. The van der Waals surface area contributed by atoms with Crippen molar-refractivity contribution in [2.75, 3.05) is 6.54 Å². The van der Waals surface area contributed by atoms with E-state index in [0.29, 0.717) is 11.2 Å². The molecule has 1 saturated heterocycles. The molecule has 0 aromatic carbocycles. The van der Waals surface area contributed by atoms with Crippen LogP contribution in [0, 0.1) is 0 Å². The highest BCUT2D eigenvalue weighted by molar-refractivity contribution is 7.16. The van der Waals surface area contributed by atoms with Crippen molar-refractivity contribution in [3.8, 4) is 0 Å². The van der Waals surface area contributed by atoms with Crippen LogP contribution in [0.2, 0.25) is 5.15 Å². The Morgan fingerprint density at radius 2 is 2.25 bits per heavy atom. The van der Waals surface area contributed by atoms with Crippen LogP contribution in [-0.4, -0.2) is 27.5 Å². The SMILES string of the molecule is CCC1CCCCCN1Cc1nc(Cl)c2ccsc2n1. The van der Waals surface area contributed by atoms with E-state index in [9.17, 15) is 0 Å². The Hall–Kier alpha value is -0.710. The molecule has 108 valence electrons. The van der Waals surface area contributed by atoms with Crippen LogP contribution in [0.5, 0.6) is 0 Å². The van der Waals surface area contributed by atoms with Gasteiger partial charge in [0.05, 0.1) is 6.54 Å². The van der Waals surface area contributed by atoms with E-state index < -0.39 is 0 Å². The Labute approximate surface area is 129 Å². The Morgan fingerprint density at radius 1 is 1.35 bits per heavy atom. The van der Waals surface area contributed by atoms with Crippen LogP contribution in [-0.2, 0) is 6.54 Å². The quantitative estimate of drug-likeness (QED) is 0.782. The summed E-state index contributed by atoms with van der Waals surface area (Å²) in [5.74, 6) is 0.866. The number of aromatic nitrogens is 2. The van der Waals surface area contributed by atoms with Gasteiger partial charge in [-0.15, -0.1) is 11.3 Å². The molecule has 0 aliphatic carbocycles. The lowest BCUT2D eigenvalue weighted by molar-refractivity contribution is 0.182. The van der Waals surface area contributed by atoms with Crippen LogP contribution in [0.15, 0.2) is 11.4 Å². The summed E-state index contributed by atoms with van der Waals surface area (Å²) in [6.07, 6.45) is 6.48. The van der Waals surface area contributed by atoms with Crippen LogP contribution >= 0.6 is 22.9 Å². The zero-order valence-corrected chi connectivity index (χ0v) is 13.4. The van der Waals surface area contributed by atoms with E-state index in [0.717, 1.165) is 29.1 Å². The summed E-state index contributed by atoms with van der Waals surface area (Å²) in [7, 11) is 0. The number of rotatable bonds is 3. The summed E-state index contributed by atoms with van der Waals surface area (Å²) in [6.45, 7) is 4.26. The molecule has 0 amide bonds. The minimum atomic E-state index is 0.592. The number of hydrogen-bond donors (Lipinski definition) is 0. The molecular formula is C15H20ClN3S. The van der Waals surface area contributed by atoms with Crippen molar-refractivity contribution in [1.29, 1.82) is 0 Å². The van der Waals surface area contributed by atoms with E-state index in [-0.39, 0.29) is 0 Å². The van der Waals surface area contributed by atoms with Crippen LogP contribution in [0.3, 0.4) is 0 Å². The van der Waals surface area contributed by atoms with E-state index in [1.54, 1.807) is 11.3 Å². The summed E-state index contributed by atoms with van der Waals surface area (Å²) >= 11 is 7.90. The fourth-order valence-electron chi connectivity index (χ4n) is 3.02. The number of hydrogen-bond acceptors (Lipinski definition) is 4. The van der Waals surface area contributed by atoms with E-state index in [4.69, 9.17) is 11.6 Å². The highest BCUT2D eigenvalue weighted by Crippen LogP contribution is 2.26. The number of nitrogens with zero attached hydrogens (tertiary/aromatic N) is 3. The smallest absolute Gasteiger partial charge is 0.145 e. The Morgan fingerprint density at radius 3 is 3.10 bits per heavy atom. The summed E-state index contributed by atoms with van der Waals surface area (Å²) in [5, 5.41) is 3.59. The Balaban J connectivity index is 1.83. The van der Waals surface area contributed by atoms with E-state index in [1.807, 2.05) is 11.4 Å². The Bertz CT molecular complexity index is 584. The molecule has 20 heavy (non-hydrogen) atoms. The van der Waals surface area contributed by atoms with Crippen LogP contribution in [0.4, 0.5) is 0 Å². The van der Waals surface area contributed by atoms with Crippen molar-refractivity contribution in [2.24, 2.45) is 0 Å². The zero-order valence-electron chi connectivity index (χ0n) is 11.8. The van der Waals surface area contributed by atoms with E-state index in [1.165, 1.54) is 32.1 Å². The zero-order chi connectivity index (χ0) is 13.9. The summed E-state index contributed by atoms with van der Waals surface area (Å²) in [4.78, 5) is 12.7. The molecule has 0 spiro atoms. The van der Waals surface area contributed by atoms with Crippen molar-refractivity contribution in [3.05, 3.63) is 22.4 Å². The van der Waals surface area contributed by atoms with Gasteiger partial charge in [0.25, 0.3) is 0 Å². The highest BCUT2D eigenvalue weighted by Gasteiger charge is 2.21. The second-order valence-electron chi connectivity index (χ2n) is 5.45. The molecule has 2 aromatic heterocycles.